The molecule has 0 N–H and O–H groups in total. The number of anilines is 1. The van der Waals surface area contributed by atoms with Crippen LogP contribution in [0.15, 0.2) is 24.3 Å². The van der Waals surface area contributed by atoms with Crippen LogP contribution in [-0.2, 0) is 20.3 Å². The van der Waals surface area contributed by atoms with Gasteiger partial charge in [-0.1, -0.05) is 19.1 Å². The summed E-state index contributed by atoms with van der Waals surface area (Å²) in [6, 6.07) is 7.76. The van der Waals surface area contributed by atoms with E-state index in [9.17, 15) is 13.2 Å². The minimum absolute atomic E-state index is 0.0467. The van der Waals surface area contributed by atoms with E-state index in [0.29, 0.717) is 6.54 Å². The van der Waals surface area contributed by atoms with E-state index in [2.05, 4.69) is 6.92 Å². The Kier molecular flexibility index (Phi) is 4.16. The Bertz CT molecular complexity index is 568. The monoisotopic (exact) mass is 301 g/mol. The number of amides is 1. The first-order chi connectivity index (χ1) is 8.89. The van der Waals surface area contributed by atoms with Crippen LogP contribution in [-0.4, -0.2) is 26.6 Å². The maximum Gasteiger partial charge on any atom is 0.232 e. The molecule has 1 aromatic rings. The molecule has 0 saturated carbocycles. The Hall–Kier alpha value is -1.07. The van der Waals surface area contributed by atoms with E-state index in [4.69, 9.17) is 10.7 Å². The van der Waals surface area contributed by atoms with Gasteiger partial charge in [0, 0.05) is 35.3 Å². The molecule has 1 heterocycles. The number of rotatable bonds is 4. The Morgan fingerprint density at radius 1 is 1.32 bits per heavy atom. The summed E-state index contributed by atoms with van der Waals surface area (Å²) in [5, 5.41) is 0. The summed E-state index contributed by atoms with van der Waals surface area (Å²) in [6.45, 7) is 2.48. The molecule has 0 bridgehead atoms. The van der Waals surface area contributed by atoms with E-state index < -0.39 is 9.05 Å². The zero-order valence-corrected chi connectivity index (χ0v) is 12.2. The molecular formula is C13H16ClNO3S. The number of hydrogen-bond acceptors (Lipinski definition) is 3. The van der Waals surface area contributed by atoms with E-state index >= 15 is 0 Å². The maximum absolute atomic E-state index is 11.9. The van der Waals surface area contributed by atoms with Gasteiger partial charge in [0.15, 0.2) is 0 Å². The average molecular weight is 302 g/mol. The third-order valence-corrected chi connectivity index (χ3v) is 4.54. The normalized spacial score (nSPS) is 20.0. The molecule has 1 fully saturated rings. The van der Waals surface area contributed by atoms with Crippen molar-refractivity contribution in [2.75, 3.05) is 17.2 Å². The number of halogens is 1. The van der Waals surface area contributed by atoms with Crippen molar-refractivity contribution >= 4 is 31.3 Å². The highest BCUT2D eigenvalue weighted by molar-refractivity contribution is 8.13. The van der Waals surface area contributed by atoms with Crippen molar-refractivity contribution in [2.45, 2.75) is 19.8 Å². The van der Waals surface area contributed by atoms with Gasteiger partial charge in [0.25, 0.3) is 0 Å². The number of nitrogens with zero attached hydrogens (tertiary/aromatic N) is 1. The van der Waals surface area contributed by atoms with E-state index in [1.54, 1.807) is 4.90 Å². The summed E-state index contributed by atoms with van der Waals surface area (Å²) in [6.07, 6.45) is 1.18. The first kappa shape index (κ1) is 14.3. The van der Waals surface area contributed by atoms with Crippen molar-refractivity contribution in [2.24, 2.45) is 5.92 Å². The Morgan fingerprint density at radius 2 is 1.95 bits per heavy atom. The topological polar surface area (TPSA) is 54.5 Å². The van der Waals surface area contributed by atoms with Crippen LogP contribution < -0.4 is 4.90 Å². The number of hydrogen-bond donors (Lipinski definition) is 0. The second-order valence-electron chi connectivity index (χ2n) is 4.80. The van der Waals surface area contributed by atoms with Crippen molar-refractivity contribution < 1.29 is 13.2 Å². The van der Waals surface area contributed by atoms with Gasteiger partial charge in [-0.15, -0.1) is 0 Å². The smallest absolute Gasteiger partial charge is 0.232 e. The zero-order valence-electron chi connectivity index (χ0n) is 10.7. The van der Waals surface area contributed by atoms with E-state index in [1.165, 1.54) is 5.56 Å². The minimum Gasteiger partial charge on any atom is -0.312 e. The summed E-state index contributed by atoms with van der Waals surface area (Å²) in [7, 11) is 1.68. The molecule has 104 valence electrons. The fraction of sp³-hybridized carbons (Fsp3) is 0.462. The molecular weight excluding hydrogens is 286 g/mol. The van der Waals surface area contributed by atoms with Gasteiger partial charge in [-0.2, -0.15) is 0 Å². The van der Waals surface area contributed by atoms with Gasteiger partial charge in [-0.25, -0.2) is 8.42 Å². The lowest BCUT2D eigenvalue weighted by molar-refractivity contribution is -0.117. The van der Waals surface area contributed by atoms with Gasteiger partial charge in [0.2, 0.25) is 15.0 Å². The van der Waals surface area contributed by atoms with Gasteiger partial charge in [-0.05, 0) is 24.1 Å². The molecule has 0 radical (unpaired) electrons. The highest BCUT2D eigenvalue weighted by Gasteiger charge is 2.33. The van der Waals surface area contributed by atoms with Crippen LogP contribution in [0.1, 0.15) is 18.9 Å². The van der Waals surface area contributed by atoms with Crippen molar-refractivity contribution in [3.05, 3.63) is 29.8 Å². The average Bonchev–Trinajstić information content (AvgIpc) is 2.68. The number of carbonyl (C=O) groups is 1. The standard InChI is InChI=1S/C13H16ClNO3S/c1-2-10-3-5-12(6-4-10)15-8-11(7-13(15)16)9-19(14,17)18/h3-6,11H,2,7-9H2,1H3. The van der Waals surface area contributed by atoms with Crippen molar-refractivity contribution in [1.29, 1.82) is 0 Å². The molecule has 2 rings (SSSR count). The molecule has 4 nitrogen and oxygen atoms in total. The predicted molar refractivity (Wildman–Crippen MR) is 75.9 cm³/mol. The maximum atomic E-state index is 11.9. The molecule has 1 amide bonds. The molecule has 0 aliphatic carbocycles. The molecule has 6 heteroatoms. The molecule has 1 atom stereocenters. The van der Waals surface area contributed by atoms with Gasteiger partial charge in [0.05, 0.1) is 5.75 Å². The van der Waals surface area contributed by atoms with Gasteiger partial charge in [0.1, 0.15) is 0 Å². The summed E-state index contributed by atoms with van der Waals surface area (Å²) in [5.74, 6) is -0.417. The van der Waals surface area contributed by atoms with E-state index in [-0.39, 0.29) is 24.0 Å². The van der Waals surface area contributed by atoms with Crippen LogP contribution in [0.5, 0.6) is 0 Å². The minimum atomic E-state index is -3.55. The van der Waals surface area contributed by atoms with Crippen LogP contribution in [0.3, 0.4) is 0 Å². The predicted octanol–water partition coefficient (Wildman–Crippen LogP) is 2.17. The molecule has 1 saturated heterocycles. The van der Waals surface area contributed by atoms with Crippen LogP contribution in [0.2, 0.25) is 0 Å². The largest absolute Gasteiger partial charge is 0.312 e. The first-order valence-corrected chi connectivity index (χ1v) is 8.68. The number of carbonyl (C=O) groups excluding carboxylic acids is 1. The second-order valence-corrected chi connectivity index (χ2v) is 7.62. The molecule has 0 spiro atoms. The van der Waals surface area contributed by atoms with Crippen molar-refractivity contribution in [1.82, 2.24) is 0 Å². The second kappa shape index (κ2) is 5.51. The van der Waals surface area contributed by atoms with Crippen molar-refractivity contribution in [3.8, 4) is 0 Å². The summed E-state index contributed by atoms with van der Waals surface area (Å²) >= 11 is 0. The summed E-state index contributed by atoms with van der Waals surface area (Å²) < 4.78 is 22.1. The Labute approximate surface area is 117 Å². The molecule has 1 unspecified atom stereocenters. The molecule has 1 aliphatic heterocycles. The molecule has 1 aliphatic rings. The highest BCUT2D eigenvalue weighted by Crippen LogP contribution is 2.26. The zero-order chi connectivity index (χ0) is 14.0. The Morgan fingerprint density at radius 3 is 2.47 bits per heavy atom. The highest BCUT2D eigenvalue weighted by atomic mass is 35.7. The third kappa shape index (κ3) is 3.70. The molecule has 19 heavy (non-hydrogen) atoms. The van der Waals surface area contributed by atoms with Gasteiger partial charge in [-0.3, -0.25) is 4.79 Å². The molecule has 1 aromatic carbocycles. The summed E-state index contributed by atoms with van der Waals surface area (Å²) in [5.41, 5.74) is 2.02. The fourth-order valence-corrected chi connectivity index (χ4v) is 3.66. The third-order valence-electron chi connectivity index (χ3n) is 3.30. The lowest BCUT2D eigenvalue weighted by Crippen LogP contribution is -2.25. The van der Waals surface area contributed by atoms with Crippen molar-refractivity contribution in [3.63, 3.8) is 0 Å². The van der Waals surface area contributed by atoms with Crippen LogP contribution in [0.25, 0.3) is 0 Å². The number of aryl methyl sites for hydroxylation is 1. The summed E-state index contributed by atoms with van der Waals surface area (Å²) in [4.78, 5) is 13.5. The van der Waals surface area contributed by atoms with E-state index in [1.807, 2.05) is 24.3 Å². The fourth-order valence-electron chi connectivity index (χ4n) is 2.34. The van der Waals surface area contributed by atoms with Crippen LogP contribution in [0.4, 0.5) is 5.69 Å². The quantitative estimate of drug-likeness (QED) is 0.801. The Balaban J connectivity index is 2.11. The lowest BCUT2D eigenvalue weighted by atomic mass is 10.1. The SMILES string of the molecule is CCc1ccc(N2CC(CS(=O)(=O)Cl)CC2=O)cc1. The van der Waals surface area contributed by atoms with Crippen LogP contribution in [0, 0.1) is 5.92 Å². The van der Waals surface area contributed by atoms with E-state index in [0.717, 1.165) is 12.1 Å². The first-order valence-electron chi connectivity index (χ1n) is 6.20. The van der Waals surface area contributed by atoms with Crippen LogP contribution >= 0.6 is 10.7 Å². The number of benzene rings is 1. The van der Waals surface area contributed by atoms with Gasteiger partial charge < -0.3 is 4.90 Å². The lowest BCUT2D eigenvalue weighted by Gasteiger charge is -2.16. The molecule has 0 aromatic heterocycles. The van der Waals surface area contributed by atoms with Gasteiger partial charge >= 0.3 is 0 Å².